The molecule has 1 aliphatic carbocycles. The van der Waals surface area contributed by atoms with E-state index in [1.54, 1.807) is 0 Å². The summed E-state index contributed by atoms with van der Waals surface area (Å²) in [5.41, 5.74) is 1.98. The number of piperidine rings is 1. The van der Waals surface area contributed by atoms with Crippen molar-refractivity contribution in [3.63, 3.8) is 0 Å². The first kappa shape index (κ1) is 15.3. The largest absolute Gasteiger partial charge is 0.348 e. The second-order valence-corrected chi connectivity index (χ2v) is 7.86. The van der Waals surface area contributed by atoms with E-state index < -0.39 is 0 Å². The van der Waals surface area contributed by atoms with Crippen LogP contribution >= 0.6 is 11.3 Å². The van der Waals surface area contributed by atoms with Crippen molar-refractivity contribution in [3.8, 4) is 0 Å². The molecule has 3 rings (SSSR count). The fraction of sp³-hybridized carbons (Fsp3) is 0.824. The number of rotatable bonds is 4. The zero-order valence-electron chi connectivity index (χ0n) is 13.6. The lowest BCUT2D eigenvalue weighted by atomic mass is 9.68. The van der Waals surface area contributed by atoms with Crippen LogP contribution in [0.2, 0.25) is 0 Å². The second-order valence-electron chi connectivity index (χ2n) is 6.80. The summed E-state index contributed by atoms with van der Waals surface area (Å²) in [5.74, 6) is 0. The molecule has 1 aromatic rings. The van der Waals surface area contributed by atoms with Crippen molar-refractivity contribution in [3.05, 3.63) is 10.6 Å². The molecule has 0 unspecified atom stereocenters. The molecule has 1 spiro atoms. The zero-order valence-corrected chi connectivity index (χ0v) is 14.4. The Morgan fingerprint density at radius 2 is 1.86 bits per heavy atom. The monoisotopic (exact) mass is 307 g/mol. The van der Waals surface area contributed by atoms with Crippen LogP contribution in [0.3, 0.4) is 0 Å². The Labute approximate surface area is 133 Å². The fourth-order valence-electron chi connectivity index (χ4n) is 4.05. The van der Waals surface area contributed by atoms with Gasteiger partial charge >= 0.3 is 0 Å². The van der Waals surface area contributed by atoms with Crippen LogP contribution in [0.25, 0.3) is 0 Å². The van der Waals surface area contributed by atoms with E-state index >= 15 is 0 Å². The summed E-state index contributed by atoms with van der Waals surface area (Å²) in [4.78, 5) is 8.88. The smallest absolute Gasteiger partial charge is 0.185 e. The third-order valence-corrected chi connectivity index (χ3v) is 6.61. The first-order valence-corrected chi connectivity index (χ1v) is 9.46. The number of aryl methyl sites for hydroxylation is 1. The van der Waals surface area contributed by atoms with E-state index in [4.69, 9.17) is 4.98 Å². The maximum absolute atomic E-state index is 4.91. The maximum atomic E-state index is 4.91. The van der Waals surface area contributed by atoms with Crippen LogP contribution in [0.1, 0.15) is 62.4 Å². The van der Waals surface area contributed by atoms with Gasteiger partial charge in [-0.25, -0.2) is 4.98 Å². The topological polar surface area (TPSA) is 28.2 Å². The summed E-state index contributed by atoms with van der Waals surface area (Å²) in [6.45, 7) is 5.61. The van der Waals surface area contributed by atoms with Gasteiger partial charge in [-0.2, -0.15) is 0 Å². The Morgan fingerprint density at radius 1 is 1.14 bits per heavy atom. The molecule has 0 atom stereocenters. The summed E-state index contributed by atoms with van der Waals surface area (Å²) in [5, 5.41) is 4.54. The summed E-state index contributed by atoms with van der Waals surface area (Å²) >= 11 is 1.90. The molecule has 0 radical (unpaired) electrons. The van der Waals surface area contributed by atoms with Crippen molar-refractivity contribution in [1.82, 2.24) is 10.3 Å². The minimum Gasteiger partial charge on any atom is -0.348 e. The Kier molecular flexibility index (Phi) is 4.85. The number of nitrogens with zero attached hydrogens (tertiary/aromatic N) is 2. The standard InChI is InChI=1S/C17H29N3S/c1-3-14-15(13-18-2)21-16(19-14)20-11-9-17(10-12-20)7-5-4-6-8-17/h18H,3-13H2,1-2H3. The van der Waals surface area contributed by atoms with Crippen LogP contribution in [0, 0.1) is 5.41 Å². The Morgan fingerprint density at radius 3 is 2.48 bits per heavy atom. The van der Waals surface area contributed by atoms with Gasteiger partial charge in [0, 0.05) is 24.5 Å². The van der Waals surface area contributed by atoms with Crippen molar-refractivity contribution in [2.75, 3.05) is 25.0 Å². The normalized spacial score (nSPS) is 21.9. The quantitative estimate of drug-likeness (QED) is 0.912. The van der Waals surface area contributed by atoms with Crippen molar-refractivity contribution < 1.29 is 0 Å². The molecule has 0 amide bonds. The molecule has 2 aliphatic rings. The molecule has 0 bridgehead atoms. The Hall–Kier alpha value is -0.610. The zero-order chi connectivity index (χ0) is 14.7. The number of thiazole rings is 1. The summed E-state index contributed by atoms with van der Waals surface area (Å²) in [7, 11) is 2.02. The van der Waals surface area contributed by atoms with Gasteiger partial charge in [0.25, 0.3) is 0 Å². The Balaban J connectivity index is 1.66. The minimum absolute atomic E-state index is 0.688. The molecule has 1 saturated heterocycles. The van der Waals surface area contributed by atoms with Crippen LogP contribution in [0.4, 0.5) is 5.13 Å². The molecule has 1 saturated carbocycles. The van der Waals surface area contributed by atoms with E-state index in [0.29, 0.717) is 5.41 Å². The van der Waals surface area contributed by atoms with Gasteiger partial charge in [0.15, 0.2) is 5.13 Å². The molecule has 1 aromatic heterocycles. The molecule has 4 heteroatoms. The third kappa shape index (κ3) is 3.26. The lowest BCUT2D eigenvalue weighted by Crippen LogP contribution is -2.41. The lowest BCUT2D eigenvalue weighted by Gasteiger charge is -2.44. The minimum atomic E-state index is 0.688. The van der Waals surface area contributed by atoms with Crippen LogP contribution in [-0.4, -0.2) is 25.1 Å². The molecule has 2 heterocycles. The van der Waals surface area contributed by atoms with E-state index in [0.717, 1.165) is 13.0 Å². The van der Waals surface area contributed by atoms with Gasteiger partial charge in [-0.15, -0.1) is 11.3 Å². The fourth-order valence-corrected chi connectivity index (χ4v) is 5.27. The molecule has 0 aromatic carbocycles. The van der Waals surface area contributed by atoms with Gasteiger partial charge in [0.2, 0.25) is 0 Å². The van der Waals surface area contributed by atoms with Crippen molar-refractivity contribution in [2.24, 2.45) is 5.41 Å². The van der Waals surface area contributed by atoms with Crippen molar-refractivity contribution >= 4 is 16.5 Å². The van der Waals surface area contributed by atoms with E-state index in [9.17, 15) is 0 Å². The molecule has 118 valence electrons. The lowest BCUT2D eigenvalue weighted by molar-refractivity contribution is 0.144. The highest BCUT2D eigenvalue weighted by Crippen LogP contribution is 2.45. The molecule has 1 N–H and O–H groups in total. The molecule has 2 fully saturated rings. The summed E-state index contributed by atoms with van der Waals surface area (Å²) in [6, 6.07) is 0. The molecule has 21 heavy (non-hydrogen) atoms. The van der Waals surface area contributed by atoms with E-state index in [1.807, 2.05) is 18.4 Å². The number of anilines is 1. The first-order valence-electron chi connectivity index (χ1n) is 8.64. The molecular formula is C17H29N3S. The number of nitrogens with one attached hydrogen (secondary N) is 1. The molecule has 1 aliphatic heterocycles. The predicted molar refractivity (Wildman–Crippen MR) is 91.2 cm³/mol. The van der Waals surface area contributed by atoms with E-state index in [2.05, 4.69) is 17.1 Å². The number of hydrogen-bond donors (Lipinski definition) is 1. The third-order valence-electron chi connectivity index (χ3n) is 5.45. The average Bonchev–Trinajstić information content (AvgIpc) is 2.92. The number of aromatic nitrogens is 1. The molecular weight excluding hydrogens is 278 g/mol. The summed E-state index contributed by atoms with van der Waals surface area (Å²) < 4.78 is 0. The van der Waals surface area contributed by atoms with Crippen LogP contribution in [0.5, 0.6) is 0 Å². The van der Waals surface area contributed by atoms with Crippen molar-refractivity contribution in [2.45, 2.75) is 64.8 Å². The SMILES string of the molecule is CCc1nc(N2CCC3(CCCCC3)CC2)sc1CNC. The Bertz CT molecular complexity index is 453. The van der Waals surface area contributed by atoms with E-state index in [-0.39, 0.29) is 0 Å². The summed E-state index contributed by atoms with van der Waals surface area (Å²) in [6.07, 6.45) is 11.2. The molecule has 3 nitrogen and oxygen atoms in total. The van der Waals surface area contributed by atoms with Gasteiger partial charge in [-0.3, -0.25) is 0 Å². The number of hydrogen-bond acceptors (Lipinski definition) is 4. The second kappa shape index (κ2) is 6.66. The van der Waals surface area contributed by atoms with Crippen LogP contribution < -0.4 is 10.2 Å². The highest BCUT2D eigenvalue weighted by atomic mass is 32.1. The first-order chi connectivity index (χ1) is 10.3. The van der Waals surface area contributed by atoms with E-state index in [1.165, 1.54) is 73.7 Å². The van der Waals surface area contributed by atoms with Gasteiger partial charge in [0.05, 0.1) is 5.69 Å². The predicted octanol–water partition coefficient (Wildman–Crippen LogP) is 3.98. The van der Waals surface area contributed by atoms with Gasteiger partial charge < -0.3 is 10.2 Å². The van der Waals surface area contributed by atoms with Gasteiger partial charge in [-0.05, 0) is 44.6 Å². The van der Waals surface area contributed by atoms with Crippen LogP contribution in [0.15, 0.2) is 0 Å². The average molecular weight is 308 g/mol. The van der Waals surface area contributed by atoms with Crippen molar-refractivity contribution in [1.29, 1.82) is 0 Å². The highest BCUT2D eigenvalue weighted by molar-refractivity contribution is 7.15. The van der Waals surface area contributed by atoms with Gasteiger partial charge in [-0.1, -0.05) is 26.2 Å². The van der Waals surface area contributed by atoms with Gasteiger partial charge in [0.1, 0.15) is 0 Å². The van der Waals surface area contributed by atoms with Crippen LogP contribution in [-0.2, 0) is 13.0 Å². The highest BCUT2D eigenvalue weighted by Gasteiger charge is 2.36. The maximum Gasteiger partial charge on any atom is 0.185 e.